The van der Waals surface area contributed by atoms with Gasteiger partial charge in [0.05, 0.1) is 44.3 Å². The smallest absolute Gasteiger partial charge is 0.374 e. The van der Waals surface area contributed by atoms with Gasteiger partial charge in [-0.25, -0.2) is 14.8 Å². The molecular weight excluding hydrogens is 417 g/mol. The van der Waals surface area contributed by atoms with E-state index in [9.17, 15) is 9.59 Å². The molecule has 0 saturated heterocycles. The summed E-state index contributed by atoms with van der Waals surface area (Å²) in [4.78, 5) is 35.9. The number of benzene rings is 2. The highest BCUT2D eigenvalue weighted by Gasteiger charge is 2.18. The molecule has 0 spiro atoms. The molecule has 8 nitrogen and oxygen atoms in total. The van der Waals surface area contributed by atoms with Crippen molar-refractivity contribution in [2.45, 2.75) is 6.92 Å². The molecule has 29 heavy (non-hydrogen) atoms. The van der Waals surface area contributed by atoms with Crippen LogP contribution in [0, 0.1) is 0 Å². The summed E-state index contributed by atoms with van der Waals surface area (Å²) in [6.45, 7) is 1.86. The number of H-pyrrole nitrogens is 1. The summed E-state index contributed by atoms with van der Waals surface area (Å²) in [5.74, 6) is -0.393. The molecule has 148 valence electrons. The first-order valence-corrected chi connectivity index (χ1v) is 9.44. The molecule has 2 heterocycles. The van der Waals surface area contributed by atoms with Gasteiger partial charge in [0, 0.05) is 7.05 Å². The van der Waals surface area contributed by atoms with Crippen LogP contribution >= 0.6 is 23.2 Å². The number of esters is 1. The molecule has 4 aromatic rings. The number of nitrogens with zero attached hydrogens (tertiary/aromatic N) is 3. The fourth-order valence-corrected chi connectivity index (χ4v) is 3.56. The van der Waals surface area contributed by atoms with Crippen LogP contribution in [0.5, 0.6) is 0 Å². The number of aryl methyl sites for hydroxylation is 1. The van der Waals surface area contributed by atoms with Gasteiger partial charge in [-0.1, -0.05) is 29.3 Å². The molecular formula is C19H15Cl2N5O3. The number of imidazole rings is 1. The summed E-state index contributed by atoms with van der Waals surface area (Å²) >= 11 is 12.5. The van der Waals surface area contributed by atoms with E-state index in [1.807, 2.05) is 0 Å². The molecule has 0 atom stereocenters. The average molecular weight is 432 g/mol. The van der Waals surface area contributed by atoms with Gasteiger partial charge in [-0.2, -0.15) is 0 Å². The SMILES string of the molecule is CCOC(=O)c1nc2ccc3nc(Nc4c(Cl)cccc4Cl)n(C)c3c2c(=O)[nH]1. The fraction of sp³-hybridized carbons (Fsp3) is 0.158. The van der Waals surface area contributed by atoms with Crippen molar-refractivity contribution in [3.8, 4) is 0 Å². The number of carbonyl (C=O) groups is 1. The molecule has 4 rings (SSSR count). The van der Waals surface area contributed by atoms with Crippen molar-refractivity contribution >= 4 is 62.7 Å². The molecule has 0 unspecified atom stereocenters. The van der Waals surface area contributed by atoms with Gasteiger partial charge < -0.3 is 19.6 Å². The molecule has 2 aromatic carbocycles. The van der Waals surface area contributed by atoms with Crippen LogP contribution in [0.1, 0.15) is 17.5 Å². The van der Waals surface area contributed by atoms with Crippen LogP contribution in [0.4, 0.5) is 11.6 Å². The minimum absolute atomic E-state index is 0.146. The third-order valence-corrected chi connectivity index (χ3v) is 5.00. The fourth-order valence-electron chi connectivity index (χ4n) is 3.07. The third-order valence-electron chi connectivity index (χ3n) is 4.37. The highest BCUT2D eigenvalue weighted by atomic mass is 35.5. The molecule has 0 radical (unpaired) electrons. The van der Waals surface area contributed by atoms with Crippen molar-refractivity contribution in [1.29, 1.82) is 0 Å². The minimum atomic E-state index is -0.688. The van der Waals surface area contributed by atoms with E-state index in [4.69, 9.17) is 27.9 Å². The second-order valence-electron chi connectivity index (χ2n) is 6.18. The molecule has 0 fully saturated rings. The lowest BCUT2D eigenvalue weighted by Crippen LogP contribution is -2.18. The van der Waals surface area contributed by atoms with E-state index in [0.717, 1.165) is 0 Å². The van der Waals surface area contributed by atoms with Crippen molar-refractivity contribution in [2.24, 2.45) is 7.05 Å². The Morgan fingerprint density at radius 1 is 1.17 bits per heavy atom. The van der Waals surface area contributed by atoms with Crippen LogP contribution < -0.4 is 10.9 Å². The number of carbonyl (C=O) groups excluding carboxylic acids is 1. The summed E-state index contributed by atoms with van der Waals surface area (Å²) < 4.78 is 6.62. The quantitative estimate of drug-likeness (QED) is 0.472. The number of rotatable bonds is 4. The number of fused-ring (bicyclic) bond motifs is 3. The Hall–Kier alpha value is -3.10. The lowest BCUT2D eigenvalue weighted by atomic mass is 10.2. The maximum atomic E-state index is 12.7. The van der Waals surface area contributed by atoms with Gasteiger partial charge in [0.2, 0.25) is 11.8 Å². The first kappa shape index (κ1) is 19.2. The zero-order valence-electron chi connectivity index (χ0n) is 15.4. The van der Waals surface area contributed by atoms with E-state index >= 15 is 0 Å². The predicted molar refractivity (Wildman–Crippen MR) is 112 cm³/mol. The Morgan fingerprint density at radius 2 is 1.86 bits per heavy atom. The average Bonchev–Trinajstić information content (AvgIpc) is 3.00. The summed E-state index contributed by atoms with van der Waals surface area (Å²) in [5, 5.41) is 4.29. The molecule has 0 saturated carbocycles. The maximum Gasteiger partial charge on any atom is 0.374 e. The Bertz CT molecular complexity index is 1310. The van der Waals surface area contributed by atoms with E-state index in [1.54, 1.807) is 48.9 Å². The van der Waals surface area contributed by atoms with Gasteiger partial charge in [-0.05, 0) is 31.2 Å². The van der Waals surface area contributed by atoms with Crippen LogP contribution in [0.25, 0.3) is 21.9 Å². The second-order valence-corrected chi connectivity index (χ2v) is 6.99. The third kappa shape index (κ3) is 3.30. The number of aromatic amines is 1. The molecule has 2 aromatic heterocycles. The van der Waals surface area contributed by atoms with Crippen molar-refractivity contribution in [1.82, 2.24) is 19.5 Å². The number of halogens is 2. The van der Waals surface area contributed by atoms with Crippen LogP contribution in [-0.2, 0) is 11.8 Å². The Kier molecular flexibility index (Phi) is 4.89. The molecule has 0 amide bonds. The lowest BCUT2D eigenvalue weighted by Gasteiger charge is -2.10. The van der Waals surface area contributed by atoms with E-state index in [-0.39, 0.29) is 12.4 Å². The van der Waals surface area contributed by atoms with Gasteiger partial charge in [0.15, 0.2) is 0 Å². The summed E-state index contributed by atoms with van der Waals surface area (Å²) in [7, 11) is 1.75. The Morgan fingerprint density at radius 3 is 2.55 bits per heavy atom. The highest BCUT2D eigenvalue weighted by Crippen LogP contribution is 2.33. The molecule has 10 heteroatoms. The number of aromatic nitrogens is 4. The maximum absolute atomic E-state index is 12.7. The van der Waals surface area contributed by atoms with Crippen LogP contribution in [0.3, 0.4) is 0 Å². The number of ether oxygens (including phenoxy) is 1. The number of para-hydroxylation sites is 1. The van der Waals surface area contributed by atoms with Gasteiger partial charge in [0.1, 0.15) is 0 Å². The first-order chi connectivity index (χ1) is 13.9. The number of nitrogens with one attached hydrogen (secondary N) is 2. The number of hydrogen-bond donors (Lipinski definition) is 2. The van der Waals surface area contributed by atoms with Gasteiger partial charge >= 0.3 is 5.97 Å². The lowest BCUT2D eigenvalue weighted by molar-refractivity contribution is 0.0512. The Balaban J connectivity index is 1.89. The van der Waals surface area contributed by atoms with Crippen LogP contribution in [0.2, 0.25) is 10.0 Å². The normalized spacial score (nSPS) is 11.2. The molecule has 2 N–H and O–H groups in total. The molecule has 0 bridgehead atoms. The molecule has 0 aliphatic carbocycles. The van der Waals surface area contributed by atoms with Gasteiger partial charge in [-0.3, -0.25) is 4.79 Å². The number of hydrogen-bond acceptors (Lipinski definition) is 6. The topological polar surface area (TPSA) is 102 Å². The minimum Gasteiger partial charge on any atom is -0.460 e. The van der Waals surface area contributed by atoms with Crippen LogP contribution in [0.15, 0.2) is 35.1 Å². The van der Waals surface area contributed by atoms with Crippen molar-refractivity contribution in [3.63, 3.8) is 0 Å². The zero-order valence-corrected chi connectivity index (χ0v) is 16.9. The standard InChI is InChI=1S/C19H15Cl2N5O3/c1-3-29-18(28)16-22-11-7-8-12-15(13(11)17(27)25-16)26(2)19(23-12)24-14-9(20)5-4-6-10(14)21/h4-8H,3H2,1-2H3,(H,23,24)(H,22,25,27). The summed E-state index contributed by atoms with van der Waals surface area (Å²) in [6.07, 6.45) is 0. The monoisotopic (exact) mass is 431 g/mol. The van der Waals surface area contributed by atoms with Crippen molar-refractivity contribution in [2.75, 3.05) is 11.9 Å². The molecule has 0 aliphatic rings. The Labute approximate surface area is 174 Å². The van der Waals surface area contributed by atoms with E-state index in [0.29, 0.717) is 43.6 Å². The first-order valence-electron chi connectivity index (χ1n) is 8.68. The van der Waals surface area contributed by atoms with E-state index in [1.165, 1.54) is 0 Å². The predicted octanol–water partition coefficient (Wildman–Crippen LogP) is 4.04. The summed E-state index contributed by atoms with van der Waals surface area (Å²) in [5.41, 5.74) is 1.53. The van der Waals surface area contributed by atoms with E-state index < -0.39 is 11.5 Å². The largest absolute Gasteiger partial charge is 0.460 e. The van der Waals surface area contributed by atoms with Crippen LogP contribution in [-0.4, -0.2) is 32.1 Å². The van der Waals surface area contributed by atoms with Crippen molar-refractivity contribution in [3.05, 3.63) is 56.6 Å². The zero-order chi connectivity index (χ0) is 20.7. The van der Waals surface area contributed by atoms with Crippen molar-refractivity contribution < 1.29 is 9.53 Å². The van der Waals surface area contributed by atoms with Gasteiger partial charge in [0.25, 0.3) is 5.56 Å². The second kappa shape index (κ2) is 7.38. The highest BCUT2D eigenvalue weighted by molar-refractivity contribution is 6.39. The molecule has 0 aliphatic heterocycles. The van der Waals surface area contributed by atoms with E-state index in [2.05, 4.69) is 20.3 Å². The van der Waals surface area contributed by atoms with Gasteiger partial charge in [-0.15, -0.1) is 0 Å². The number of anilines is 2. The summed E-state index contributed by atoms with van der Waals surface area (Å²) in [6, 6.07) is 8.51.